The van der Waals surface area contributed by atoms with Gasteiger partial charge < -0.3 is 16.0 Å². The molecule has 1 aromatic rings. The highest BCUT2D eigenvalue weighted by molar-refractivity contribution is 7.15. The summed E-state index contributed by atoms with van der Waals surface area (Å²) in [5.74, 6) is -0.470. The van der Waals surface area contributed by atoms with E-state index in [1.807, 2.05) is 0 Å². The molecular weight excluding hydrogens is 240 g/mol. The number of thiazole rings is 1. The van der Waals surface area contributed by atoms with Crippen LogP contribution in [0.4, 0.5) is 5.13 Å². The first-order chi connectivity index (χ1) is 8.15. The van der Waals surface area contributed by atoms with Gasteiger partial charge in [0.1, 0.15) is 0 Å². The second-order valence-corrected chi connectivity index (χ2v) is 4.86. The number of nitrogens with one attached hydrogen (secondary N) is 3. The van der Waals surface area contributed by atoms with E-state index in [2.05, 4.69) is 20.9 Å². The molecule has 0 atom stereocenters. The Hall–Kier alpha value is -1.47. The minimum Gasteiger partial charge on any atom is -0.347 e. The van der Waals surface area contributed by atoms with Gasteiger partial charge in [0.2, 0.25) is 11.8 Å². The molecule has 0 spiro atoms. The molecule has 17 heavy (non-hydrogen) atoms. The van der Waals surface area contributed by atoms with Crippen LogP contribution in [0.2, 0.25) is 0 Å². The first-order valence-corrected chi connectivity index (χ1v) is 6.20. The lowest BCUT2D eigenvalue weighted by Gasteiger charge is -2.09. The van der Waals surface area contributed by atoms with Crippen LogP contribution >= 0.6 is 11.3 Å². The number of carbonyl (C=O) groups excluding carboxylic acids is 2. The fourth-order valence-corrected chi connectivity index (χ4v) is 2.54. The fourth-order valence-electron chi connectivity index (χ4n) is 1.55. The van der Waals surface area contributed by atoms with Gasteiger partial charge in [-0.1, -0.05) is 0 Å². The third-order valence-electron chi connectivity index (χ3n) is 2.35. The van der Waals surface area contributed by atoms with E-state index >= 15 is 0 Å². The molecule has 0 aromatic carbocycles. The first-order valence-electron chi connectivity index (χ1n) is 5.39. The summed E-state index contributed by atoms with van der Waals surface area (Å²) in [6, 6.07) is 0. The average Bonchev–Trinajstić information content (AvgIpc) is 2.68. The summed E-state index contributed by atoms with van der Waals surface area (Å²) in [5.41, 5.74) is 1.06. The van der Waals surface area contributed by atoms with Crippen LogP contribution in [0.1, 0.15) is 17.5 Å². The van der Waals surface area contributed by atoms with Crippen molar-refractivity contribution in [3.63, 3.8) is 0 Å². The Kier molecular flexibility index (Phi) is 3.70. The van der Waals surface area contributed by atoms with Crippen molar-refractivity contribution in [2.24, 2.45) is 0 Å². The molecule has 2 rings (SSSR count). The molecule has 0 fully saturated rings. The predicted molar refractivity (Wildman–Crippen MR) is 64.8 cm³/mol. The van der Waals surface area contributed by atoms with E-state index in [-0.39, 0.29) is 18.4 Å². The van der Waals surface area contributed by atoms with Crippen molar-refractivity contribution in [3.05, 3.63) is 10.6 Å². The molecule has 0 unspecified atom stereocenters. The molecule has 1 aliphatic heterocycles. The Morgan fingerprint density at radius 1 is 1.53 bits per heavy atom. The second kappa shape index (κ2) is 5.24. The van der Waals surface area contributed by atoms with Crippen molar-refractivity contribution in [1.29, 1.82) is 0 Å². The number of fused-ring (bicyclic) bond motifs is 1. The zero-order valence-electron chi connectivity index (χ0n) is 9.50. The van der Waals surface area contributed by atoms with E-state index in [0.29, 0.717) is 5.13 Å². The third kappa shape index (κ3) is 3.24. The fraction of sp³-hybridized carbons (Fsp3) is 0.500. The van der Waals surface area contributed by atoms with Crippen molar-refractivity contribution in [2.45, 2.75) is 19.9 Å². The van der Waals surface area contributed by atoms with E-state index in [1.54, 1.807) is 0 Å². The zero-order valence-corrected chi connectivity index (χ0v) is 10.3. The summed E-state index contributed by atoms with van der Waals surface area (Å²) in [7, 11) is 0. The molecule has 1 aromatic heterocycles. The zero-order chi connectivity index (χ0) is 12.3. The van der Waals surface area contributed by atoms with Crippen molar-refractivity contribution < 1.29 is 9.59 Å². The lowest BCUT2D eigenvalue weighted by atomic mass is 10.2. The second-order valence-electron chi connectivity index (χ2n) is 3.77. The third-order valence-corrected chi connectivity index (χ3v) is 3.36. The molecule has 0 saturated carbocycles. The van der Waals surface area contributed by atoms with Crippen LogP contribution in [-0.2, 0) is 22.6 Å². The van der Waals surface area contributed by atoms with Gasteiger partial charge in [0.25, 0.3) is 0 Å². The van der Waals surface area contributed by atoms with Crippen LogP contribution in [0.5, 0.6) is 0 Å². The van der Waals surface area contributed by atoms with Crippen LogP contribution in [0.25, 0.3) is 0 Å². The van der Waals surface area contributed by atoms with Crippen molar-refractivity contribution in [3.8, 4) is 0 Å². The minimum absolute atomic E-state index is 0.0160. The minimum atomic E-state index is -0.251. The lowest BCUT2D eigenvalue weighted by Crippen LogP contribution is -2.31. The van der Waals surface area contributed by atoms with Gasteiger partial charge in [-0.05, 0) is 0 Å². The van der Waals surface area contributed by atoms with Crippen LogP contribution in [0, 0.1) is 0 Å². The number of anilines is 1. The molecule has 0 saturated heterocycles. The lowest BCUT2D eigenvalue weighted by molar-refractivity contribution is -0.122. The monoisotopic (exact) mass is 254 g/mol. The van der Waals surface area contributed by atoms with Gasteiger partial charge >= 0.3 is 0 Å². The van der Waals surface area contributed by atoms with Gasteiger partial charge in [0.05, 0.1) is 12.2 Å². The van der Waals surface area contributed by atoms with E-state index in [9.17, 15) is 9.59 Å². The first kappa shape index (κ1) is 12.0. The molecule has 6 nitrogen and oxygen atoms in total. The van der Waals surface area contributed by atoms with E-state index in [1.165, 1.54) is 23.1 Å². The molecule has 1 aliphatic rings. The number of hydrogen-bond acceptors (Lipinski definition) is 5. The summed E-state index contributed by atoms with van der Waals surface area (Å²) in [6.07, 6.45) is 0.896. The van der Waals surface area contributed by atoms with Crippen LogP contribution < -0.4 is 16.0 Å². The maximum Gasteiger partial charge on any atom is 0.245 e. The van der Waals surface area contributed by atoms with E-state index in [4.69, 9.17) is 0 Å². The Morgan fingerprint density at radius 3 is 3.06 bits per heavy atom. The highest BCUT2D eigenvalue weighted by Gasteiger charge is 2.15. The van der Waals surface area contributed by atoms with Gasteiger partial charge in [-0.2, -0.15) is 0 Å². The van der Waals surface area contributed by atoms with Gasteiger partial charge in [-0.15, -0.1) is 11.3 Å². The number of amides is 2. The largest absolute Gasteiger partial charge is 0.347 e. The molecule has 2 amide bonds. The molecule has 0 aliphatic carbocycles. The summed E-state index contributed by atoms with van der Waals surface area (Å²) >= 11 is 1.48. The van der Waals surface area contributed by atoms with Gasteiger partial charge in [0.15, 0.2) is 5.13 Å². The van der Waals surface area contributed by atoms with Gasteiger partial charge in [-0.25, -0.2) is 4.98 Å². The molecule has 7 heteroatoms. The Bertz CT molecular complexity index is 420. The average molecular weight is 254 g/mol. The Balaban J connectivity index is 1.92. The number of carbonyl (C=O) groups is 2. The quantitative estimate of drug-likeness (QED) is 0.701. The molecule has 92 valence electrons. The number of rotatable bonds is 3. The predicted octanol–water partition coefficient (Wildman–Crippen LogP) is -0.137. The van der Waals surface area contributed by atoms with Gasteiger partial charge in [-0.3, -0.25) is 9.59 Å². The van der Waals surface area contributed by atoms with E-state index in [0.717, 1.165) is 25.2 Å². The maximum atomic E-state index is 11.5. The summed E-state index contributed by atoms with van der Waals surface area (Å²) < 4.78 is 0. The summed E-state index contributed by atoms with van der Waals surface area (Å²) in [5, 5.41) is 8.98. The van der Waals surface area contributed by atoms with Crippen molar-refractivity contribution in [1.82, 2.24) is 15.6 Å². The van der Waals surface area contributed by atoms with E-state index < -0.39 is 0 Å². The Labute approximate surface area is 103 Å². The molecular formula is C10H14N4O2S. The topological polar surface area (TPSA) is 83.1 Å². The van der Waals surface area contributed by atoms with Crippen LogP contribution in [0.15, 0.2) is 0 Å². The molecule has 3 N–H and O–H groups in total. The van der Waals surface area contributed by atoms with Crippen LogP contribution in [0.3, 0.4) is 0 Å². The van der Waals surface area contributed by atoms with Gasteiger partial charge in [0, 0.05) is 31.3 Å². The molecule has 0 radical (unpaired) electrons. The number of aromatic nitrogens is 1. The SMILES string of the molecule is CC(=O)NCC(=O)Nc1nc2c(s1)CNCC2. The maximum absolute atomic E-state index is 11.5. The molecule has 0 bridgehead atoms. The Morgan fingerprint density at radius 2 is 2.35 bits per heavy atom. The normalized spacial score (nSPS) is 13.9. The molecule has 2 heterocycles. The van der Waals surface area contributed by atoms with Crippen LogP contribution in [-0.4, -0.2) is 29.9 Å². The van der Waals surface area contributed by atoms with Crippen molar-refractivity contribution in [2.75, 3.05) is 18.4 Å². The highest BCUT2D eigenvalue weighted by Crippen LogP contribution is 2.24. The summed E-state index contributed by atoms with van der Waals surface area (Å²) in [6.45, 7) is 3.10. The standard InChI is InChI=1S/C10H14N4O2S/c1-6(15)12-5-9(16)14-10-13-7-2-3-11-4-8(7)17-10/h11H,2-5H2,1H3,(H,12,15)(H,13,14,16). The van der Waals surface area contributed by atoms with Crippen molar-refractivity contribution >= 4 is 28.3 Å². The highest BCUT2D eigenvalue weighted by atomic mass is 32.1. The number of nitrogens with zero attached hydrogens (tertiary/aromatic N) is 1. The smallest absolute Gasteiger partial charge is 0.245 e. The summed E-state index contributed by atoms with van der Waals surface area (Å²) in [4.78, 5) is 27.6. The number of hydrogen-bond donors (Lipinski definition) is 3.